The largest absolute Gasteiger partial charge is 0.377 e. The molecule has 5 heteroatoms. The fraction of sp³-hybridized carbons (Fsp3) is 0.400. The Morgan fingerprint density at radius 1 is 1.30 bits per heavy atom. The third-order valence-electron chi connectivity index (χ3n) is 2.82. The molecule has 0 unspecified atom stereocenters. The van der Waals surface area contributed by atoms with Gasteiger partial charge in [0.1, 0.15) is 0 Å². The fourth-order valence-corrected chi connectivity index (χ4v) is 3.34. The molecule has 1 aromatic carbocycles. The maximum absolute atomic E-state index is 5.73. The number of halogens is 2. The van der Waals surface area contributed by atoms with E-state index < -0.39 is 0 Å². The maximum Gasteiger partial charge on any atom is 0.0928 e. The minimum atomic E-state index is 0.506. The smallest absolute Gasteiger partial charge is 0.0928 e. The van der Waals surface area contributed by atoms with Crippen LogP contribution in [0.5, 0.6) is 0 Å². The maximum atomic E-state index is 5.73. The molecule has 0 atom stereocenters. The second-order valence-electron chi connectivity index (χ2n) is 4.51. The van der Waals surface area contributed by atoms with E-state index in [1.807, 2.05) is 17.5 Å². The summed E-state index contributed by atoms with van der Waals surface area (Å²) in [5, 5.41) is 3.21. The van der Waals surface area contributed by atoms with Crippen LogP contribution in [0.2, 0.25) is 0 Å². The van der Waals surface area contributed by atoms with Crippen LogP contribution in [0.25, 0.3) is 0 Å². The van der Waals surface area contributed by atoms with Gasteiger partial charge in [-0.3, -0.25) is 0 Å². The van der Waals surface area contributed by atoms with Gasteiger partial charge in [-0.1, -0.05) is 28.1 Å². The highest BCUT2D eigenvalue weighted by Crippen LogP contribution is 2.15. The van der Waals surface area contributed by atoms with Crippen LogP contribution in [0.3, 0.4) is 0 Å². The molecule has 0 aliphatic rings. The molecule has 0 radical (unpaired) electrons. The first kappa shape index (κ1) is 16.0. The Hall–Kier alpha value is -0.420. The Balaban J connectivity index is 1.57. The van der Waals surface area contributed by atoms with E-state index in [1.165, 1.54) is 10.6 Å². The van der Waals surface area contributed by atoms with Crippen LogP contribution in [-0.2, 0) is 23.6 Å². The van der Waals surface area contributed by atoms with Crippen LogP contribution in [-0.4, -0.2) is 11.6 Å². The lowest BCUT2D eigenvalue weighted by atomic mass is 10.2. The van der Waals surface area contributed by atoms with Gasteiger partial charge in [-0.15, -0.1) is 22.9 Å². The van der Waals surface area contributed by atoms with Crippen molar-refractivity contribution in [3.63, 3.8) is 0 Å². The van der Waals surface area contributed by atoms with Crippen LogP contribution in [0, 0.1) is 0 Å². The first-order valence-corrected chi connectivity index (χ1v) is 8.80. The Bertz CT molecular complexity index is 532. The van der Waals surface area contributed by atoms with E-state index in [4.69, 9.17) is 16.3 Å². The molecule has 0 saturated carbocycles. The predicted molar refractivity (Wildman–Crippen MR) is 88.4 cm³/mol. The number of ether oxygens (including phenoxy) is 1. The van der Waals surface area contributed by atoms with Crippen molar-refractivity contribution in [1.82, 2.24) is 4.98 Å². The quantitative estimate of drug-likeness (QED) is 0.469. The van der Waals surface area contributed by atoms with Crippen LogP contribution in [0.4, 0.5) is 0 Å². The molecule has 0 aliphatic heterocycles. The normalized spacial score (nSPS) is 10.9. The molecule has 2 rings (SSSR count). The summed E-state index contributed by atoms with van der Waals surface area (Å²) in [5.74, 6) is 0.506. The van der Waals surface area contributed by atoms with Crippen molar-refractivity contribution < 1.29 is 4.74 Å². The first-order valence-electron chi connectivity index (χ1n) is 6.59. The van der Waals surface area contributed by atoms with Crippen molar-refractivity contribution in [2.24, 2.45) is 0 Å². The second kappa shape index (κ2) is 8.78. The number of hydrogen-bond acceptors (Lipinski definition) is 3. The van der Waals surface area contributed by atoms with Crippen LogP contribution < -0.4 is 0 Å². The third-order valence-corrected chi connectivity index (χ3v) is 4.55. The topological polar surface area (TPSA) is 22.1 Å². The fourth-order valence-electron chi connectivity index (χ4n) is 1.82. The second-order valence-corrected chi connectivity index (χ2v) is 6.63. The van der Waals surface area contributed by atoms with E-state index in [2.05, 4.69) is 33.0 Å². The molecule has 2 aromatic rings. The van der Waals surface area contributed by atoms with Gasteiger partial charge in [0.05, 0.1) is 23.2 Å². The van der Waals surface area contributed by atoms with Crippen molar-refractivity contribution in [1.29, 1.82) is 0 Å². The summed E-state index contributed by atoms with van der Waals surface area (Å²) in [7, 11) is 0. The first-order chi connectivity index (χ1) is 9.78. The zero-order chi connectivity index (χ0) is 14.2. The molecule has 1 heterocycles. The number of aryl methyl sites for hydroxylation is 1. The number of benzene rings is 1. The Morgan fingerprint density at radius 3 is 2.95 bits per heavy atom. The number of aromatic nitrogens is 1. The van der Waals surface area contributed by atoms with Gasteiger partial charge in [-0.2, -0.15) is 0 Å². The van der Waals surface area contributed by atoms with Gasteiger partial charge in [0.2, 0.25) is 0 Å². The van der Waals surface area contributed by atoms with E-state index in [1.54, 1.807) is 11.3 Å². The third kappa shape index (κ3) is 5.52. The van der Waals surface area contributed by atoms with Crippen molar-refractivity contribution in [2.75, 3.05) is 6.61 Å². The van der Waals surface area contributed by atoms with Gasteiger partial charge in [-0.05, 0) is 37.0 Å². The van der Waals surface area contributed by atoms with Gasteiger partial charge in [0, 0.05) is 16.5 Å². The summed E-state index contributed by atoms with van der Waals surface area (Å²) in [6.07, 6.45) is 3.18. The highest BCUT2D eigenvalue weighted by Gasteiger charge is 2.01. The molecule has 108 valence electrons. The van der Waals surface area contributed by atoms with E-state index in [9.17, 15) is 0 Å². The van der Waals surface area contributed by atoms with E-state index in [0.717, 1.165) is 36.0 Å². The van der Waals surface area contributed by atoms with Gasteiger partial charge >= 0.3 is 0 Å². The minimum Gasteiger partial charge on any atom is -0.377 e. The summed E-state index contributed by atoms with van der Waals surface area (Å²) >= 11 is 10.9. The Morgan fingerprint density at radius 2 is 2.20 bits per heavy atom. The number of hydrogen-bond donors (Lipinski definition) is 0. The zero-order valence-corrected chi connectivity index (χ0v) is 14.3. The molecule has 0 N–H and O–H groups in total. The molecule has 0 spiro atoms. The number of nitrogens with zero attached hydrogens (tertiary/aromatic N) is 1. The molecular formula is C15H17BrClNOS. The lowest BCUT2D eigenvalue weighted by Crippen LogP contribution is -1.96. The van der Waals surface area contributed by atoms with Crippen molar-refractivity contribution in [3.05, 3.63) is 50.4 Å². The Labute approximate surface area is 137 Å². The Kier molecular flexibility index (Phi) is 7.00. The SMILES string of the molecule is ClCc1csc(CCCCOCc2cccc(Br)c2)n1. The van der Waals surface area contributed by atoms with Gasteiger partial charge in [0.25, 0.3) is 0 Å². The molecule has 2 nitrogen and oxygen atoms in total. The average molecular weight is 375 g/mol. The van der Waals surface area contributed by atoms with E-state index in [0.29, 0.717) is 12.5 Å². The zero-order valence-electron chi connectivity index (χ0n) is 11.1. The standard InChI is InChI=1S/C15H17BrClNOS/c16-13-5-3-4-12(8-13)10-19-7-2-1-6-15-18-14(9-17)11-20-15/h3-5,8,11H,1-2,6-7,9-10H2. The molecule has 0 amide bonds. The van der Waals surface area contributed by atoms with Gasteiger partial charge < -0.3 is 4.74 Å². The van der Waals surface area contributed by atoms with Crippen LogP contribution in [0.1, 0.15) is 29.1 Å². The van der Waals surface area contributed by atoms with Gasteiger partial charge in [0.15, 0.2) is 0 Å². The van der Waals surface area contributed by atoms with Gasteiger partial charge in [-0.25, -0.2) is 4.98 Å². The number of thiazole rings is 1. The van der Waals surface area contributed by atoms with Crippen LogP contribution >= 0.6 is 38.9 Å². The van der Waals surface area contributed by atoms with Crippen LogP contribution in [0.15, 0.2) is 34.1 Å². The summed E-state index contributed by atoms with van der Waals surface area (Å²) in [6, 6.07) is 8.21. The molecular weight excluding hydrogens is 358 g/mol. The lowest BCUT2D eigenvalue weighted by molar-refractivity contribution is 0.117. The summed E-state index contributed by atoms with van der Waals surface area (Å²) in [6.45, 7) is 1.47. The van der Waals surface area contributed by atoms with Crippen molar-refractivity contribution in [2.45, 2.75) is 31.7 Å². The van der Waals surface area contributed by atoms with Crippen molar-refractivity contribution in [3.8, 4) is 0 Å². The minimum absolute atomic E-state index is 0.506. The summed E-state index contributed by atoms with van der Waals surface area (Å²) in [4.78, 5) is 4.44. The van der Waals surface area contributed by atoms with E-state index >= 15 is 0 Å². The highest BCUT2D eigenvalue weighted by molar-refractivity contribution is 9.10. The number of rotatable bonds is 8. The van der Waals surface area contributed by atoms with Crippen molar-refractivity contribution >= 4 is 38.9 Å². The highest BCUT2D eigenvalue weighted by atomic mass is 79.9. The number of alkyl halides is 1. The average Bonchev–Trinajstić information content (AvgIpc) is 2.91. The number of unbranched alkanes of at least 4 members (excludes halogenated alkanes) is 1. The molecule has 0 bridgehead atoms. The molecule has 20 heavy (non-hydrogen) atoms. The lowest BCUT2D eigenvalue weighted by Gasteiger charge is -2.04. The summed E-state index contributed by atoms with van der Waals surface area (Å²) < 4.78 is 6.77. The summed E-state index contributed by atoms with van der Waals surface area (Å²) in [5.41, 5.74) is 2.18. The van der Waals surface area contributed by atoms with E-state index in [-0.39, 0.29) is 0 Å². The molecule has 0 saturated heterocycles. The molecule has 1 aromatic heterocycles. The predicted octanol–water partition coefficient (Wildman–Crippen LogP) is 5.18. The molecule has 0 aliphatic carbocycles. The molecule has 0 fully saturated rings. The monoisotopic (exact) mass is 373 g/mol.